The summed E-state index contributed by atoms with van der Waals surface area (Å²) in [5.74, 6) is 0.184. The second kappa shape index (κ2) is 8.78. The van der Waals surface area contributed by atoms with Crippen LogP contribution in [0.1, 0.15) is 51.8 Å². The summed E-state index contributed by atoms with van der Waals surface area (Å²) < 4.78 is 5.71. The Labute approximate surface area is 184 Å². The largest absolute Gasteiger partial charge is 0.418 e. The van der Waals surface area contributed by atoms with Crippen molar-refractivity contribution in [3.63, 3.8) is 0 Å². The maximum atomic E-state index is 13.1. The summed E-state index contributed by atoms with van der Waals surface area (Å²) in [6.45, 7) is 4.26. The van der Waals surface area contributed by atoms with Gasteiger partial charge in [0, 0.05) is 6.54 Å². The van der Waals surface area contributed by atoms with Gasteiger partial charge in [-0.2, -0.15) is 0 Å². The van der Waals surface area contributed by atoms with Crippen molar-refractivity contribution in [1.82, 2.24) is 25.3 Å². The molecule has 9 nitrogen and oxygen atoms in total. The van der Waals surface area contributed by atoms with E-state index < -0.39 is 11.6 Å². The van der Waals surface area contributed by atoms with Crippen LogP contribution in [0.2, 0.25) is 0 Å². The van der Waals surface area contributed by atoms with Gasteiger partial charge in [0.15, 0.2) is 0 Å². The van der Waals surface area contributed by atoms with Crippen LogP contribution in [0.3, 0.4) is 0 Å². The van der Waals surface area contributed by atoms with Crippen LogP contribution >= 0.6 is 11.3 Å². The molecule has 0 aromatic carbocycles. The number of hydrogen-bond donors (Lipinski definition) is 1. The fraction of sp³-hybridized carbons (Fsp3) is 0.571. The number of hydrogen-bond acceptors (Lipinski definition) is 7. The van der Waals surface area contributed by atoms with Crippen LogP contribution in [0, 0.1) is 5.92 Å². The molecule has 1 aliphatic carbocycles. The molecule has 4 rings (SSSR count). The van der Waals surface area contributed by atoms with Gasteiger partial charge in [0.05, 0.1) is 11.4 Å². The first kappa shape index (κ1) is 21.5. The molecule has 1 N–H and O–H groups in total. The summed E-state index contributed by atoms with van der Waals surface area (Å²) in [5.41, 5.74) is -0.868. The first-order valence-electron chi connectivity index (χ1n) is 10.7. The fourth-order valence-corrected chi connectivity index (χ4v) is 5.06. The number of carbonyl (C=O) groups excluding carboxylic acids is 3. The zero-order valence-corrected chi connectivity index (χ0v) is 18.6. The first-order chi connectivity index (χ1) is 14.9. The lowest BCUT2D eigenvalue weighted by Gasteiger charge is -2.36. The van der Waals surface area contributed by atoms with Crippen molar-refractivity contribution in [3.05, 3.63) is 23.4 Å². The molecular formula is C21H27N5O4S. The monoisotopic (exact) mass is 445 g/mol. The smallest absolute Gasteiger partial charge is 0.325 e. The van der Waals surface area contributed by atoms with Crippen molar-refractivity contribution in [1.29, 1.82) is 0 Å². The summed E-state index contributed by atoms with van der Waals surface area (Å²) in [6, 6.07) is 3.30. The standard InChI is InChI=1S/C21H27N5O4S/c1-3-10-25(12-16-23-24-18(30-16)15-8-6-11-31-15)17(27)13-26-19(28)21(22-20(26)29)9-5-4-7-14(21)2/h6,8,11,14H,3-5,7,9-10,12-13H2,1-2H3,(H,22,29)/t14-,21+/m1/s1. The van der Waals surface area contributed by atoms with Crippen LogP contribution in [0.25, 0.3) is 10.8 Å². The summed E-state index contributed by atoms with van der Waals surface area (Å²) >= 11 is 1.49. The number of aromatic nitrogens is 2. The Bertz CT molecular complexity index is 959. The Balaban J connectivity index is 1.45. The van der Waals surface area contributed by atoms with Gasteiger partial charge in [0.2, 0.25) is 11.8 Å². The second-order valence-electron chi connectivity index (χ2n) is 8.23. The molecule has 1 aliphatic heterocycles. The molecule has 2 aromatic rings. The zero-order valence-electron chi connectivity index (χ0n) is 17.8. The minimum atomic E-state index is -0.868. The predicted molar refractivity (Wildman–Crippen MR) is 114 cm³/mol. The van der Waals surface area contributed by atoms with E-state index in [1.165, 1.54) is 11.3 Å². The summed E-state index contributed by atoms with van der Waals surface area (Å²) in [4.78, 5) is 42.3. The van der Waals surface area contributed by atoms with Crippen LogP contribution in [0.4, 0.5) is 4.79 Å². The number of imide groups is 1. The minimum absolute atomic E-state index is 0.0543. The molecule has 0 radical (unpaired) electrons. The molecule has 31 heavy (non-hydrogen) atoms. The predicted octanol–water partition coefficient (Wildman–Crippen LogP) is 3.04. The van der Waals surface area contributed by atoms with Crippen molar-refractivity contribution in [2.24, 2.45) is 5.92 Å². The third kappa shape index (κ3) is 4.08. The van der Waals surface area contributed by atoms with Crippen LogP contribution in [-0.2, 0) is 16.1 Å². The normalized spacial score (nSPS) is 23.4. The number of urea groups is 1. The number of nitrogens with zero attached hydrogens (tertiary/aromatic N) is 4. The molecule has 3 heterocycles. The third-order valence-corrected chi connectivity index (χ3v) is 7.02. The summed E-state index contributed by atoms with van der Waals surface area (Å²) in [6.07, 6.45) is 4.17. The number of rotatable bonds is 7. The molecule has 0 bridgehead atoms. The molecule has 1 saturated carbocycles. The second-order valence-corrected chi connectivity index (χ2v) is 9.18. The average molecular weight is 446 g/mol. The lowest BCUT2D eigenvalue weighted by molar-refractivity contribution is -0.141. The van der Waals surface area contributed by atoms with Crippen LogP contribution in [0.15, 0.2) is 21.9 Å². The summed E-state index contributed by atoms with van der Waals surface area (Å²) in [5, 5.41) is 12.9. The highest BCUT2D eigenvalue weighted by Crippen LogP contribution is 2.38. The fourth-order valence-electron chi connectivity index (χ4n) is 4.42. The van der Waals surface area contributed by atoms with Crippen LogP contribution in [0.5, 0.6) is 0 Å². The van der Waals surface area contributed by atoms with Crippen LogP contribution in [-0.4, -0.2) is 56.5 Å². The molecular weight excluding hydrogens is 418 g/mol. The molecule has 10 heteroatoms. The van der Waals surface area contributed by atoms with Gasteiger partial charge in [0.25, 0.3) is 11.8 Å². The van der Waals surface area contributed by atoms with Gasteiger partial charge in [-0.05, 0) is 36.6 Å². The lowest BCUT2D eigenvalue weighted by atomic mass is 9.73. The van der Waals surface area contributed by atoms with Gasteiger partial charge in [0.1, 0.15) is 12.1 Å². The van der Waals surface area contributed by atoms with E-state index in [-0.39, 0.29) is 30.8 Å². The average Bonchev–Trinajstić information content (AvgIpc) is 3.48. The Morgan fingerprint density at radius 2 is 2.23 bits per heavy atom. The third-order valence-electron chi connectivity index (χ3n) is 6.17. The van der Waals surface area contributed by atoms with E-state index in [1.54, 1.807) is 4.90 Å². The van der Waals surface area contributed by atoms with Crippen LogP contribution < -0.4 is 5.32 Å². The van der Waals surface area contributed by atoms with Gasteiger partial charge in [-0.25, -0.2) is 4.79 Å². The molecule has 0 unspecified atom stereocenters. The molecule has 1 spiro atoms. The van der Waals surface area contributed by atoms with E-state index in [2.05, 4.69) is 15.5 Å². The van der Waals surface area contributed by atoms with E-state index in [9.17, 15) is 14.4 Å². The van der Waals surface area contributed by atoms with Crippen molar-refractivity contribution >= 4 is 29.2 Å². The topological polar surface area (TPSA) is 109 Å². The Morgan fingerprint density at radius 3 is 2.94 bits per heavy atom. The highest BCUT2D eigenvalue weighted by atomic mass is 32.1. The van der Waals surface area contributed by atoms with Gasteiger partial charge in [-0.3, -0.25) is 14.5 Å². The van der Waals surface area contributed by atoms with Crippen molar-refractivity contribution in [2.45, 2.75) is 58.0 Å². The number of thiophene rings is 1. The quantitative estimate of drug-likeness (QED) is 0.656. The molecule has 1 saturated heterocycles. The first-order valence-corrected chi connectivity index (χ1v) is 11.6. The Kier molecular flexibility index (Phi) is 6.08. The van der Waals surface area contributed by atoms with E-state index >= 15 is 0 Å². The van der Waals surface area contributed by atoms with E-state index in [4.69, 9.17) is 4.42 Å². The highest BCUT2D eigenvalue weighted by Gasteiger charge is 2.55. The maximum absolute atomic E-state index is 13.1. The van der Waals surface area contributed by atoms with Gasteiger partial charge >= 0.3 is 6.03 Å². The minimum Gasteiger partial charge on any atom is -0.418 e. The van der Waals surface area contributed by atoms with Gasteiger partial charge in [-0.15, -0.1) is 21.5 Å². The Morgan fingerprint density at radius 1 is 1.39 bits per heavy atom. The van der Waals surface area contributed by atoms with Crippen molar-refractivity contribution in [2.75, 3.05) is 13.1 Å². The molecule has 166 valence electrons. The van der Waals surface area contributed by atoms with Gasteiger partial charge < -0.3 is 14.6 Å². The molecule has 4 amide bonds. The maximum Gasteiger partial charge on any atom is 0.325 e. The number of carbonyl (C=O) groups is 3. The number of nitrogens with one attached hydrogen (secondary N) is 1. The zero-order chi connectivity index (χ0) is 22.0. The van der Waals surface area contributed by atoms with E-state index in [0.717, 1.165) is 35.5 Å². The SMILES string of the molecule is CCCN(Cc1nnc(-c2cccs2)o1)C(=O)CN1C(=O)N[C@]2(CCCC[C@H]2C)C1=O. The molecule has 2 aromatic heterocycles. The number of amides is 4. The van der Waals surface area contributed by atoms with E-state index in [1.807, 2.05) is 31.4 Å². The molecule has 2 atom stereocenters. The Hall–Kier alpha value is -2.75. The highest BCUT2D eigenvalue weighted by molar-refractivity contribution is 7.13. The van der Waals surface area contributed by atoms with Crippen molar-refractivity contribution in [3.8, 4) is 10.8 Å². The summed E-state index contributed by atoms with van der Waals surface area (Å²) in [7, 11) is 0. The van der Waals surface area contributed by atoms with Crippen molar-refractivity contribution < 1.29 is 18.8 Å². The van der Waals surface area contributed by atoms with E-state index in [0.29, 0.717) is 24.7 Å². The van der Waals surface area contributed by atoms with Gasteiger partial charge in [-0.1, -0.05) is 32.8 Å². The molecule has 2 aliphatic rings. The lowest BCUT2D eigenvalue weighted by Crippen LogP contribution is -2.54. The molecule has 2 fully saturated rings.